The van der Waals surface area contributed by atoms with Crippen molar-refractivity contribution in [2.45, 2.75) is 39.3 Å². The third kappa shape index (κ3) is 3.58. The van der Waals surface area contributed by atoms with Crippen molar-refractivity contribution in [3.63, 3.8) is 0 Å². The van der Waals surface area contributed by atoms with Crippen molar-refractivity contribution >= 4 is 11.6 Å². The van der Waals surface area contributed by atoms with Crippen molar-refractivity contribution in [3.05, 3.63) is 29.8 Å². The van der Waals surface area contributed by atoms with Gasteiger partial charge in [-0.05, 0) is 44.5 Å². The Hall–Kier alpha value is -1.39. The van der Waals surface area contributed by atoms with E-state index in [9.17, 15) is 4.79 Å². The van der Waals surface area contributed by atoms with Gasteiger partial charge in [0.15, 0.2) is 0 Å². The van der Waals surface area contributed by atoms with Crippen LogP contribution in [0.3, 0.4) is 0 Å². The zero-order valence-corrected chi connectivity index (χ0v) is 12.5. The zero-order valence-electron chi connectivity index (χ0n) is 12.5. The molecule has 2 rings (SSSR count). The minimum absolute atomic E-state index is 0.0167. The highest BCUT2D eigenvalue weighted by molar-refractivity contribution is 5.93. The summed E-state index contributed by atoms with van der Waals surface area (Å²) < 4.78 is 5.43. The molecule has 0 aliphatic carbocycles. The lowest BCUT2D eigenvalue weighted by atomic mass is 10.0. The van der Waals surface area contributed by atoms with E-state index in [0.717, 1.165) is 18.7 Å². The van der Waals surface area contributed by atoms with E-state index in [1.807, 2.05) is 19.1 Å². The Morgan fingerprint density at radius 2 is 2.10 bits per heavy atom. The standard InChI is InChI=1S/C16H24N2O2/c1-4-17-11(2)13-5-7-14(8-6-13)18-16(19)15-9-10-20-12(15)3/h5-8,11-12,15,17H,4,9-10H2,1-3H3,(H,18,19). The highest BCUT2D eigenvalue weighted by atomic mass is 16.5. The molecule has 1 aliphatic heterocycles. The molecule has 2 N–H and O–H groups in total. The molecule has 0 saturated carbocycles. The molecule has 1 fully saturated rings. The van der Waals surface area contributed by atoms with Gasteiger partial charge in [0.1, 0.15) is 0 Å². The summed E-state index contributed by atoms with van der Waals surface area (Å²) in [5.74, 6) is 0.0258. The minimum Gasteiger partial charge on any atom is -0.378 e. The Kier molecular flexibility index (Phi) is 5.15. The molecule has 3 atom stereocenters. The third-order valence-electron chi connectivity index (χ3n) is 3.90. The van der Waals surface area contributed by atoms with Crippen molar-refractivity contribution in [1.82, 2.24) is 5.32 Å². The highest BCUT2D eigenvalue weighted by Gasteiger charge is 2.30. The monoisotopic (exact) mass is 276 g/mol. The number of anilines is 1. The summed E-state index contributed by atoms with van der Waals surface area (Å²) in [7, 11) is 0. The summed E-state index contributed by atoms with van der Waals surface area (Å²) in [6.45, 7) is 7.81. The second-order valence-corrected chi connectivity index (χ2v) is 5.36. The van der Waals surface area contributed by atoms with Gasteiger partial charge >= 0.3 is 0 Å². The normalized spacial score (nSPS) is 23.6. The van der Waals surface area contributed by atoms with E-state index in [4.69, 9.17) is 4.74 Å². The van der Waals surface area contributed by atoms with Crippen molar-refractivity contribution < 1.29 is 9.53 Å². The lowest BCUT2D eigenvalue weighted by Gasteiger charge is -2.16. The lowest BCUT2D eigenvalue weighted by molar-refractivity contribution is -0.121. The van der Waals surface area contributed by atoms with Crippen molar-refractivity contribution in [1.29, 1.82) is 0 Å². The summed E-state index contributed by atoms with van der Waals surface area (Å²) in [5, 5.41) is 6.34. The molecule has 1 saturated heterocycles. The molecule has 4 heteroatoms. The Balaban J connectivity index is 1.95. The van der Waals surface area contributed by atoms with Crippen molar-refractivity contribution in [2.24, 2.45) is 5.92 Å². The number of carbonyl (C=O) groups is 1. The lowest BCUT2D eigenvalue weighted by Crippen LogP contribution is -2.27. The molecule has 0 spiro atoms. The molecule has 0 aromatic heterocycles. The molecule has 1 amide bonds. The topological polar surface area (TPSA) is 50.4 Å². The van der Waals surface area contributed by atoms with E-state index in [1.165, 1.54) is 5.56 Å². The molecule has 20 heavy (non-hydrogen) atoms. The van der Waals surface area contributed by atoms with E-state index in [2.05, 4.69) is 36.6 Å². The fraction of sp³-hybridized carbons (Fsp3) is 0.562. The number of amides is 1. The second-order valence-electron chi connectivity index (χ2n) is 5.36. The summed E-state index contributed by atoms with van der Waals surface area (Å²) in [6.07, 6.45) is 0.825. The van der Waals surface area contributed by atoms with Gasteiger partial charge in [-0.2, -0.15) is 0 Å². The van der Waals surface area contributed by atoms with Crippen LogP contribution < -0.4 is 10.6 Å². The minimum atomic E-state index is -0.0321. The van der Waals surface area contributed by atoms with Crippen LogP contribution in [-0.2, 0) is 9.53 Å². The van der Waals surface area contributed by atoms with Crippen LogP contribution in [0.25, 0.3) is 0 Å². The molecule has 1 aromatic rings. The van der Waals surface area contributed by atoms with Gasteiger partial charge in [-0.25, -0.2) is 0 Å². The van der Waals surface area contributed by atoms with Crippen LogP contribution in [0.1, 0.15) is 38.8 Å². The van der Waals surface area contributed by atoms with Gasteiger partial charge in [-0.1, -0.05) is 19.1 Å². The van der Waals surface area contributed by atoms with Crippen LogP contribution in [0, 0.1) is 5.92 Å². The maximum Gasteiger partial charge on any atom is 0.230 e. The van der Waals surface area contributed by atoms with Gasteiger partial charge < -0.3 is 15.4 Å². The number of carbonyl (C=O) groups excluding carboxylic acids is 1. The summed E-state index contributed by atoms with van der Waals surface area (Å²) in [6, 6.07) is 8.35. The third-order valence-corrected chi connectivity index (χ3v) is 3.90. The van der Waals surface area contributed by atoms with Crippen molar-refractivity contribution in [3.8, 4) is 0 Å². The number of benzene rings is 1. The van der Waals surface area contributed by atoms with Crippen LogP contribution in [0.4, 0.5) is 5.69 Å². The van der Waals surface area contributed by atoms with Gasteiger partial charge in [0.25, 0.3) is 0 Å². The number of rotatable bonds is 5. The average Bonchev–Trinajstić information content (AvgIpc) is 2.86. The SMILES string of the molecule is CCNC(C)c1ccc(NC(=O)C2CCOC2C)cc1. The van der Waals surface area contributed by atoms with E-state index < -0.39 is 0 Å². The first-order valence-corrected chi connectivity index (χ1v) is 7.37. The van der Waals surface area contributed by atoms with Crippen LogP contribution in [-0.4, -0.2) is 25.2 Å². The molecule has 1 heterocycles. The van der Waals surface area contributed by atoms with Crippen LogP contribution >= 0.6 is 0 Å². The first-order valence-electron chi connectivity index (χ1n) is 7.37. The van der Waals surface area contributed by atoms with E-state index in [0.29, 0.717) is 12.6 Å². The largest absolute Gasteiger partial charge is 0.378 e. The molecule has 1 aliphatic rings. The van der Waals surface area contributed by atoms with Crippen LogP contribution in [0.15, 0.2) is 24.3 Å². The van der Waals surface area contributed by atoms with E-state index in [1.54, 1.807) is 0 Å². The Labute approximate surface area is 120 Å². The van der Waals surface area contributed by atoms with Crippen molar-refractivity contribution in [2.75, 3.05) is 18.5 Å². The zero-order chi connectivity index (χ0) is 14.5. The van der Waals surface area contributed by atoms with Gasteiger partial charge in [0.05, 0.1) is 12.0 Å². The number of hydrogen-bond acceptors (Lipinski definition) is 3. The molecular weight excluding hydrogens is 252 g/mol. The van der Waals surface area contributed by atoms with Gasteiger partial charge in [0, 0.05) is 18.3 Å². The van der Waals surface area contributed by atoms with Crippen LogP contribution in [0.5, 0.6) is 0 Å². The maximum atomic E-state index is 12.1. The summed E-state index contributed by atoms with van der Waals surface area (Å²) in [5.41, 5.74) is 2.07. The number of hydrogen-bond donors (Lipinski definition) is 2. The van der Waals surface area contributed by atoms with Gasteiger partial charge in [-0.3, -0.25) is 4.79 Å². The Bertz CT molecular complexity index is 444. The number of ether oxygens (including phenoxy) is 1. The highest BCUT2D eigenvalue weighted by Crippen LogP contribution is 2.23. The molecule has 3 unspecified atom stereocenters. The first-order chi connectivity index (χ1) is 9.61. The predicted octanol–water partition coefficient (Wildman–Crippen LogP) is 2.72. The van der Waals surface area contributed by atoms with E-state index in [-0.39, 0.29) is 17.9 Å². The Morgan fingerprint density at radius 1 is 1.40 bits per heavy atom. The first kappa shape index (κ1) is 15.0. The fourth-order valence-corrected chi connectivity index (χ4v) is 2.59. The van der Waals surface area contributed by atoms with E-state index >= 15 is 0 Å². The van der Waals surface area contributed by atoms with Crippen LogP contribution in [0.2, 0.25) is 0 Å². The molecular formula is C16H24N2O2. The maximum absolute atomic E-state index is 12.1. The number of nitrogens with one attached hydrogen (secondary N) is 2. The molecule has 4 nitrogen and oxygen atoms in total. The smallest absolute Gasteiger partial charge is 0.230 e. The average molecular weight is 276 g/mol. The quantitative estimate of drug-likeness (QED) is 0.869. The van der Waals surface area contributed by atoms with Gasteiger partial charge in [0.2, 0.25) is 5.91 Å². The molecule has 0 bridgehead atoms. The summed E-state index contributed by atoms with van der Waals surface area (Å²) >= 11 is 0. The fourth-order valence-electron chi connectivity index (χ4n) is 2.59. The summed E-state index contributed by atoms with van der Waals surface area (Å²) in [4.78, 5) is 12.1. The molecule has 1 aromatic carbocycles. The van der Waals surface area contributed by atoms with Gasteiger partial charge in [-0.15, -0.1) is 0 Å². The molecule has 0 radical (unpaired) electrons. The Morgan fingerprint density at radius 3 is 2.65 bits per heavy atom. The second kappa shape index (κ2) is 6.86. The predicted molar refractivity (Wildman–Crippen MR) is 80.7 cm³/mol. The molecule has 110 valence electrons.